The number of halogens is 3. The fourth-order valence-corrected chi connectivity index (χ4v) is 3.60. The Morgan fingerprint density at radius 3 is 2.50 bits per heavy atom. The lowest BCUT2D eigenvalue weighted by atomic mass is 10.0. The van der Waals surface area contributed by atoms with E-state index in [0.29, 0.717) is 29.1 Å². The Hall–Kier alpha value is -3.55. The van der Waals surface area contributed by atoms with Crippen LogP contribution in [0.25, 0.3) is 16.5 Å². The van der Waals surface area contributed by atoms with Crippen molar-refractivity contribution in [1.82, 2.24) is 9.88 Å². The van der Waals surface area contributed by atoms with Crippen LogP contribution in [0.3, 0.4) is 0 Å². The molecule has 1 amide bonds. The van der Waals surface area contributed by atoms with Gasteiger partial charge in [-0.2, -0.15) is 0 Å². The molecular formula is C22H17F3N2O3. The van der Waals surface area contributed by atoms with E-state index in [0.717, 1.165) is 17.7 Å². The molecular weight excluding hydrogens is 397 g/mol. The maximum atomic E-state index is 13.6. The lowest BCUT2D eigenvalue weighted by Crippen LogP contribution is -2.28. The molecule has 4 rings (SSSR count). The number of esters is 1. The second-order valence-corrected chi connectivity index (χ2v) is 6.84. The number of hydrogen-bond acceptors (Lipinski definition) is 3. The van der Waals surface area contributed by atoms with Crippen LogP contribution in [0.15, 0.2) is 42.6 Å². The Kier molecular flexibility index (Phi) is 5.07. The van der Waals surface area contributed by atoms with Crippen LogP contribution in [0, 0.1) is 17.5 Å². The summed E-state index contributed by atoms with van der Waals surface area (Å²) in [5, 5.41) is 0.715. The molecule has 0 unspecified atom stereocenters. The standard InChI is InChI=1S/C22H17F3N2O3/c1-2-30-22(29)18-11-27(21(28)12-7-14(24)9-15(25)8-12)6-5-17-16-4-3-13(23)10-19(16)26-20(17)18/h3-4,7-11,26H,2,5-6H2,1H3. The molecule has 3 aromatic rings. The van der Waals surface area contributed by atoms with E-state index in [-0.39, 0.29) is 24.3 Å². The number of aromatic amines is 1. The summed E-state index contributed by atoms with van der Waals surface area (Å²) in [5.74, 6) is -3.50. The SMILES string of the molecule is CCOC(=O)C1=CN(C(=O)c2cc(F)cc(F)c2)CCc2c1[nH]c1cc(F)ccc21. The number of nitrogens with zero attached hydrogens (tertiary/aromatic N) is 1. The van der Waals surface area contributed by atoms with Crippen LogP contribution in [0.2, 0.25) is 0 Å². The number of carbonyl (C=O) groups excluding carboxylic acids is 2. The summed E-state index contributed by atoms with van der Waals surface area (Å²) >= 11 is 0. The number of hydrogen-bond donors (Lipinski definition) is 1. The second-order valence-electron chi connectivity index (χ2n) is 6.84. The van der Waals surface area contributed by atoms with Gasteiger partial charge in [-0.25, -0.2) is 18.0 Å². The van der Waals surface area contributed by atoms with E-state index in [2.05, 4.69) is 4.98 Å². The topological polar surface area (TPSA) is 62.4 Å². The van der Waals surface area contributed by atoms with Crippen LogP contribution in [0.1, 0.15) is 28.5 Å². The first kappa shape index (κ1) is 19.8. The Bertz CT molecular complexity index is 1180. The summed E-state index contributed by atoms with van der Waals surface area (Å²) in [6.07, 6.45) is 1.64. The molecule has 5 nitrogen and oxygen atoms in total. The van der Waals surface area contributed by atoms with Crippen LogP contribution in [0.5, 0.6) is 0 Å². The quantitative estimate of drug-likeness (QED) is 0.654. The molecule has 2 heterocycles. The summed E-state index contributed by atoms with van der Waals surface area (Å²) in [4.78, 5) is 29.8. The maximum absolute atomic E-state index is 13.6. The highest BCUT2D eigenvalue weighted by Gasteiger charge is 2.28. The summed E-state index contributed by atoms with van der Waals surface area (Å²) in [6.45, 7) is 1.91. The van der Waals surface area contributed by atoms with E-state index in [1.165, 1.54) is 23.2 Å². The molecule has 0 bridgehead atoms. The lowest BCUT2D eigenvalue weighted by molar-refractivity contribution is -0.136. The summed E-state index contributed by atoms with van der Waals surface area (Å²) in [7, 11) is 0. The van der Waals surface area contributed by atoms with Crippen molar-refractivity contribution >= 4 is 28.4 Å². The number of amides is 1. The molecule has 0 atom stereocenters. The van der Waals surface area contributed by atoms with Crippen molar-refractivity contribution in [2.75, 3.05) is 13.2 Å². The number of nitrogens with one attached hydrogen (secondary N) is 1. The molecule has 0 spiro atoms. The molecule has 30 heavy (non-hydrogen) atoms. The number of ether oxygens (including phenoxy) is 1. The van der Waals surface area contributed by atoms with Crippen molar-refractivity contribution in [3.63, 3.8) is 0 Å². The first-order chi connectivity index (χ1) is 14.4. The highest BCUT2D eigenvalue weighted by Crippen LogP contribution is 2.32. The summed E-state index contributed by atoms with van der Waals surface area (Å²) < 4.78 is 45.9. The molecule has 1 N–H and O–H groups in total. The molecule has 0 aliphatic carbocycles. The van der Waals surface area contributed by atoms with Crippen molar-refractivity contribution in [3.05, 3.63) is 76.9 Å². The summed E-state index contributed by atoms with van der Waals surface area (Å²) in [6, 6.07) is 6.79. The minimum atomic E-state index is -0.874. The van der Waals surface area contributed by atoms with E-state index >= 15 is 0 Å². The zero-order valence-corrected chi connectivity index (χ0v) is 16.0. The van der Waals surface area contributed by atoms with Gasteiger partial charge in [0.25, 0.3) is 5.91 Å². The van der Waals surface area contributed by atoms with E-state index in [1.807, 2.05) is 0 Å². The van der Waals surface area contributed by atoms with Crippen molar-refractivity contribution in [3.8, 4) is 0 Å². The zero-order chi connectivity index (χ0) is 21.4. The van der Waals surface area contributed by atoms with E-state index in [1.54, 1.807) is 13.0 Å². The van der Waals surface area contributed by atoms with Crippen molar-refractivity contribution in [1.29, 1.82) is 0 Å². The Labute approximate surface area is 169 Å². The van der Waals surface area contributed by atoms with Gasteiger partial charge in [-0.1, -0.05) is 0 Å². The smallest absolute Gasteiger partial charge is 0.341 e. The molecule has 1 aromatic heterocycles. The molecule has 0 fully saturated rings. The van der Waals surface area contributed by atoms with Gasteiger partial charge in [0.2, 0.25) is 0 Å². The third-order valence-electron chi connectivity index (χ3n) is 4.89. The highest BCUT2D eigenvalue weighted by molar-refractivity contribution is 6.18. The van der Waals surface area contributed by atoms with E-state index < -0.39 is 29.3 Å². The first-order valence-corrected chi connectivity index (χ1v) is 9.34. The number of aromatic nitrogens is 1. The minimum absolute atomic E-state index is 0.0752. The van der Waals surface area contributed by atoms with E-state index in [9.17, 15) is 22.8 Å². The molecule has 8 heteroatoms. The lowest BCUT2D eigenvalue weighted by Gasteiger charge is -2.18. The number of rotatable bonds is 3. The predicted molar refractivity (Wildman–Crippen MR) is 104 cm³/mol. The maximum Gasteiger partial charge on any atom is 0.341 e. The number of fused-ring (bicyclic) bond motifs is 3. The first-order valence-electron chi connectivity index (χ1n) is 9.34. The van der Waals surface area contributed by atoms with Crippen LogP contribution in [-0.2, 0) is 16.0 Å². The number of carbonyl (C=O) groups is 2. The third-order valence-corrected chi connectivity index (χ3v) is 4.89. The minimum Gasteiger partial charge on any atom is -0.462 e. The van der Waals surface area contributed by atoms with Gasteiger partial charge in [0, 0.05) is 35.3 Å². The zero-order valence-electron chi connectivity index (χ0n) is 16.0. The van der Waals surface area contributed by atoms with Gasteiger partial charge in [0.05, 0.1) is 17.9 Å². The van der Waals surface area contributed by atoms with Gasteiger partial charge in [-0.3, -0.25) is 4.79 Å². The fourth-order valence-electron chi connectivity index (χ4n) is 3.60. The van der Waals surface area contributed by atoms with Gasteiger partial charge in [0.15, 0.2) is 0 Å². The van der Waals surface area contributed by atoms with Gasteiger partial charge in [-0.15, -0.1) is 0 Å². The average molecular weight is 414 g/mol. The second kappa shape index (κ2) is 7.70. The highest BCUT2D eigenvalue weighted by atomic mass is 19.1. The summed E-state index contributed by atoms with van der Waals surface area (Å²) in [5.41, 5.74) is 1.57. The predicted octanol–water partition coefficient (Wildman–Crippen LogP) is 4.19. The van der Waals surface area contributed by atoms with Gasteiger partial charge < -0.3 is 14.6 Å². The van der Waals surface area contributed by atoms with Gasteiger partial charge >= 0.3 is 5.97 Å². The average Bonchev–Trinajstić information content (AvgIpc) is 2.93. The van der Waals surface area contributed by atoms with Crippen LogP contribution in [0.4, 0.5) is 13.2 Å². The Morgan fingerprint density at radius 1 is 1.07 bits per heavy atom. The third kappa shape index (κ3) is 3.56. The fraction of sp³-hybridized carbons (Fsp3) is 0.182. The number of H-pyrrole nitrogens is 1. The van der Waals surface area contributed by atoms with Crippen LogP contribution < -0.4 is 0 Å². The van der Waals surface area contributed by atoms with Gasteiger partial charge in [0.1, 0.15) is 17.5 Å². The molecule has 0 radical (unpaired) electrons. The van der Waals surface area contributed by atoms with Crippen molar-refractivity contribution < 1.29 is 27.5 Å². The van der Waals surface area contributed by atoms with Gasteiger partial charge in [-0.05, 0) is 49.2 Å². The molecule has 0 saturated heterocycles. The molecule has 1 aliphatic heterocycles. The largest absolute Gasteiger partial charge is 0.462 e. The molecule has 2 aromatic carbocycles. The Balaban J connectivity index is 1.81. The van der Waals surface area contributed by atoms with E-state index in [4.69, 9.17) is 4.74 Å². The number of benzene rings is 2. The monoisotopic (exact) mass is 414 g/mol. The van der Waals surface area contributed by atoms with Crippen LogP contribution in [-0.4, -0.2) is 34.9 Å². The normalized spacial score (nSPS) is 13.6. The van der Waals surface area contributed by atoms with Crippen LogP contribution >= 0.6 is 0 Å². The van der Waals surface area contributed by atoms with Crippen molar-refractivity contribution in [2.45, 2.75) is 13.3 Å². The molecule has 1 aliphatic rings. The Morgan fingerprint density at radius 2 is 1.80 bits per heavy atom. The molecule has 0 saturated carbocycles. The molecule has 154 valence electrons. The van der Waals surface area contributed by atoms with Crippen molar-refractivity contribution in [2.24, 2.45) is 0 Å².